The minimum atomic E-state index is -4.65. The number of carbonyl (C=O) groups excluding carboxylic acids is 2. The Bertz CT molecular complexity index is 877. The first-order valence-electron chi connectivity index (χ1n) is 7.90. The van der Waals surface area contributed by atoms with Crippen molar-refractivity contribution in [3.63, 3.8) is 0 Å². The van der Waals surface area contributed by atoms with Gasteiger partial charge in [-0.2, -0.15) is 13.2 Å². The van der Waals surface area contributed by atoms with Crippen LogP contribution in [0.5, 0.6) is 0 Å². The summed E-state index contributed by atoms with van der Waals surface area (Å²) in [7, 11) is 0. The highest BCUT2D eigenvalue weighted by Crippen LogP contribution is 2.41. The molecule has 2 amide bonds. The number of benzene rings is 2. The fourth-order valence-electron chi connectivity index (χ4n) is 2.67. The Morgan fingerprint density at radius 1 is 0.852 bits per heavy atom. The predicted octanol–water partition coefficient (Wildman–Crippen LogP) is 4.20. The highest BCUT2D eigenvalue weighted by atomic mass is 19.4. The fourth-order valence-corrected chi connectivity index (χ4v) is 2.67. The zero-order valence-electron chi connectivity index (χ0n) is 13.6. The Balaban J connectivity index is 1.65. The Morgan fingerprint density at radius 3 is 2.00 bits per heavy atom. The lowest BCUT2D eigenvalue weighted by atomic mass is 10.1. The molecule has 0 saturated heterocycles. The van der Waals surface area contributed by atoms with Gasteiger partial charge in [0.15, 0.2) is 0 Å². The first kappa shape index (κ1) is 18.8. The zero-order chi connectivity index (χ0) is 19.8. The summed E-state index contributed by atoms with van der Waals surface area (Å²) in [4.78, 5) is 24.2. The second kappa shape index (κ2) is 6.98. The molecule has 0 aliphatic heterocycles. The largest absolute Gasteiger partial charge is 0.418 e. The molecule has 27 heavy (non-hydrogen) atoms. The molecule has 2 N–H and O–H groups in total. The van der Waals surface area contributed by atoms with Crippen LogP contribution in [0.25, 0.3) is 0 Å². The van der Waals surface area contributed by atoms with Crippen LogP contribution in [0.1, 0.15) is 12.0 Å². The molecule has 2 aromatic carbocycles. The van der Waals surface area contributed by atoms with Gasteiger partial charge in [-0.1, -0.05) is 18.2 Å². The number of carbonyl (C=O) groups is 2. The molecule has 2 aromatic rings. The van der Waals surface area contributed by atoms with Crippen molar-refractivity contribution in [2.45, 2.75) is 12.6 Å². The van der Waals surface area contributed by atoms with E-state index in [-0.39, 0.29) is 6.42 Å². The van der Waals surface area contributed by atoms with Crippen LogP contribution in [0.15, 0.2) is 42.5 Å². The summed E-state index contributed by atoms with van der Waals surface area (Å²) in [5.74, 6) is -5.22. The Morgan fingerprint density at radius 2 is 1.41 bits per heavy atom. The van der Waals surface area contributed by atoms with Gasteiger partial charge in [0, 0.05) is 0 Å². The van der Waals surface area contributed by atoms with E-state index in [9.17, 15) is 31.5 Å². The summed E-state index contributed by atoms with van der Waals surface area (Å²) in [5, 5.41) is 4.24. The van der Waals surface area contributed by atoms with Gasteiger partial charge in [-0.15, -0.1) is 0 Å². The van der Waals surface area contributed by atoms with E-state index >= 15 is 0 Å². The van der Waals surface area contributed by atoms with E-state index in [2.05, 4.69) is 10.6 Å². The second-order valence-corrected chi connectivity index (χ2v) is 6.07. The third-order valence-electron chi connectivity index (χ3n) is 4.17. The summed E-state index contributed by atoms with van der Waals surface area (Å²) in [6.07, 6.45) is -4.57. The molecule has 1 saturated carbocycles. The molecule has 0 aromatic heterocycles. The highest BCUT2D eigenvalue weighted by molar-refractivity contribution is 6.03. The van der Waals surface area contributed by atoms with Gasteiger partial charge in [0.2, 0.25) is 11.8 Å². The maximum Gasteiger partial charge on any atom is 0.418 e. The number of hydrogen-bond acceptors (Lipinski definition) is 2. The van der Waals surface area contributed by atoms with Crippen molar-refractivity contribution < 1.29 is 31.5 Å². The van der Waals surface area contributed by atoms with Gasteiger partial charge in [0.1, 0.15) is 17.3 Å². The number of amides is 2. The number of nitrogens with one attached hydrogen (secondary N) is 2. The van der Waals surface area contributed by atoms with Crippen molar-refractivity contribution in [2.24, 2.45) is 11.8 Å². The number of anilines is 2. The van der Waals surface area contributed by atoms with Crippen molar-refractivity contribution in [3.05, 3.63) is 59.7 Å². The van der Waals surface area contributed by atoms with Crippen molar-refractivity contribution in [2.75, 3.05) is 10.6 Å². The molecule has 4 nitrogen and oxygen atoms in total. The SMILES string of the molecule is O=C(Nc1ccccc1C(F)(F)F)C1CC1C(=O)Nc1c(F)cccc1F. The smallest absolute Gasteiger partial charge is 0.325 e. The van der Waals surface area contributed by atoms with Crippen LogP contribution in [-0.4, -0.2) is 11.8 Å². The fraction of sp³-hybridized carbons (Fsp3) is 0.222. The Hall–Kier alpha value is -2.97. The van der Waals surface area contributed by atoms with E-state index in [1.54, 1.807) is 0 Å². The quantitative estimate of drug-likeness (QED) is 0.777. The predicted molar refractivity (Wildman–Crippen MR) is 86.7 cm³/mol. The molecular weight excluding hydrogens is 371 g/mol. The molecule has 1 aliphatic carbocycles. The molecule has 142 valence electrons. The minimum absolute atomic E-state index is 0.0714. The van der Waals surface area contributed by atoms with E-state index in [1.165, 1.54) is 12.1 Å². The van der Waals surface area contributed by atoms with Crippen LogP contribution < -0.4 is 10.6 Å². The molecule has 1 fully saturated rings. The van der Waals surface area contributed by atoms with E-state index < -0.39 is 58.4 Å². The third kappa shape index (κ3) is 4.07. The van der Waals surface area contributed by atoms with Gasteiger partial charge in [0.25, 0.3) is 0 Å². The zero-order valence-corrected chi connectivity index (χ0v) is 13.6. The van der Waals surface area contributed by atoms with Crippen molar-refractivity contribution in [1.29, 1.82) is 0 Å². The van der Waals surface area contributed by atoms with Crippen molar-refractivity contribution >= 4 is 23.2 Å². The van der Waals surface area contributed by atoms with Gasteiger partial charge < -0.3 is 10.6 Å². The highest BCUT2D eigenvalue weighted by Gasteiger charge is 2.48. The monoisotopic (exact) mass is 384 g/mol. The summed E-state index contributed by atoms with van der Waals surface area (Å²) in [5.41, 5.74) is -2.05. The average molecular weight is 384 g/mol. The lowest BCUT2D eigenvalue weighted by Crippen LogP contribution is -2.22. The minimum Gasteiger partial charge on any atom is -0.325 e. The number of para-hydroxylation sites is 2. The third-order valence-corrected chi connectivity index (χ3v) is 4.17. The van der Waals surface area contributed by atoms with E-state index in [0.717, 1.165) is 30.3 Å². The van der Waals surface area contributed by atoms with Gasteiger partial charge in [0.05, 0.1) is 23.1 Å². The van der Waals surface area contributed by atoms with Gasteiger partial charge >= 0.3 is 6.18 Å². The summed E-state index contributed by atoms with van der Waals surface area (Å²) < 4.78 is 66.0. The maximum absolute atomic E-state index is 13.6. The van der Waals surface area contributed by atoms with E-state index in [1.807, 2.05) is 0 Å². The molecule has 1 aliphatic rings. The van der Waals surface area contributed by atoms with Crippen LogP contribution in [0, 0.1) is 23.5 Å². The lowest BCUT2D eigenvalue weighted by Gasteiger charge is -2.13. The van der Waals surface area contributed by atoms with Crippen LogP contribution >= 0.6 is 0 Å². The summed E-state index contributed by atoms with van der Waals surface area (Å²) in [6, 6.07) is 7.51. The van der Waals surface area contributed by atoms with Gasteiger partial charge in [-0.25, -0.2) is 8.78 Å². The Labute approximate surface area is 150 Å². The molecule has 2 atom stereocenters. The Kier molecular flexibility index (Phi) is 4.86. The van der Waals surface area contributed by atoms with Crippen LogP contribution in [0.2, 0.25) is 0 Å². The molecule has 2 unspecified atom stereocenters. The first-order valence-corrected chi connectivity index (χ1v) is 7.90. The first-order chi connectivity index (χ1) is 12.7. The number of hydrogen-bond donors (Lipinski definition) is 2. The van der Waals surface area contributed by atoms with Crippen LogP contribution in [0.4, 0.5) is 33.3 Å². The topological polar surface area (TPSA) is 58.2 Å². The van der Waals surface area contributed by atoms with Crippen molar-refractivity contribution in [3.8, 4) is 0 Å². The van der Waals surface area contributed by atoms with E-state index in [0.29, 0.717) is 0 Å². The summed E-state index contributed by atoms with van der Waals surface area (Å²) in [6.45, 7) is 0. The summed E-state index contributed by atoms with van der Waals surface area (Å²) >= 11 is 0. The van der Waals surface area contributed by atoms with Gasteiger partial charge in [-0.3, -0.25) is 9.59 Å². The second-order valence-electron chi connectivity index (χ2n) is 6.07. The molecule has 3 rings (SSSR count). The van der Waals surface area contributed by atoms with E-state index in [4.69, 9.17) is 0 Å². The van der Waals surface area contributed by atoms with Crippen LogP contribution in [-0.2, 0) is 15.8 Å². The number of rotatable bonds is 4. The number of alkyl halides is 3. The molecular formula is C18H13F5N2O2. The lowest BCUT2D eigenvalue weighted by molar-refractivity contribution is -0.137. The average Bonchev–Trinajstić information content (AvgIpc) is 3.38. The molecule has 9 heteroatoms. The maximum atomic E-state index is 13.6. The van der Waals surface area contributed by atoms with Crippen molar-refractivity contribution in [1.82, 2.24) is 0 Å². The molecule has 0 spiro atoms. The molecule has 0 radical (unpaired) electrons. The standard InChI is InChI=1S/C18H13F5N2O2/c19-12-5-3-6-13(20)15(12)25-17(27)10-8-9(10)16(26)24-14-7-2-1-4-11(14)18(21,22)23/h1-7,9-10H,8H2,(H,24,26)(H,25,27). The van der Waals surface area contributed by atoms with Crippen LogP contribution in [0.3, 0.4) is 0 Å². The molecule has 0 bridgehead atoms. The molecule has 0 heterocycles. The normalized spacial score (nSPS) is 18.7. The number of halogens is 5. The van der Waals surface area contributed by atoms with Gasteiger partial charge in [-0.05, 0) is 30.7 Å².